The molecule has 39 heavy (non-hydrogen) atoms. The summed E-state index contributed by atoms with van der Waals surface area (Å²) in [5.41, 5.74) is 0. The van der Waals surface area contributed by atoms with Crippen LogP contribution in [0.3, 0.4) is 0 Å². The van der Waals surface area contributed by atoms with E-state index in [1.807, 2.05) is 0 Å². The summed E-state index contributed by atoms with van der Waals surface area (Å²) in [7, 11) is -0.674. The summed E-state index contributed by atoms with van der Waals surface area (Å²) >= 11 is 0. The van der Waals surface area contributed by atoms with E-state index in [4.69, 9.17) is 9.96 Å². The van der Waals surface area contributed by atoms with Gasteiger partial charge in [0.25, 0.3) is 0 Å². The van der Waals surface area contributed by atoms with Crippen LogP contribution in [0.4, 0.5) is 0 Å². The molecule has 2 aromatic carbocycles. The van der Waals surface area contributed by atoms with Gasteiger partial charge in [-0.2, -0.15) is 13.1 Å². The molecule has 0 aliphatic carbocycles. The van der Waals surface area contributed by atoms with E-state index in [0.29, 0.717) is 0 Å². The molecule has 0 saturated heterocycles. The van der Waals surface area contributed by atoms with Gasteiger partial charge in [-0.05, 0) is 0 Å². The van der Waals surface area contributed by atoms with Crippen molar-refractivity contribution in [2.75, 3.05) is 13.1 Å². The van der Waals surface area contributed by atoms with Crippen LogP contribution in [0.25, 0.3) is 9.96 Å². The second-order valence-corrected chi connectivity index (χ2v) is 13.3. The Morgan fingerprint density at radius 3 is 1.03 bits per heavy atom. The van der Waals surface area contributed by atoms with Crippen molar-refractivity contribution >= 4 is 29.7 Å². The molecule has 0 aromatic heterocycles. The topological polar surface area (TPSA) is 28.2 Å². The Bertz CT molecular complexity index is 625. The van der Waals surface area contributed by atoms with E-state index >= 15 is 0 Å². The Morgan fingerprint density at radius 1 is 0.436 bits per heavy atom. The number of halogens is 2. The van der Waals surface area contributed by atoms with Gasteiger partial charge >= 0.3 is 26.2 Å². The average Bonchev–Trinajstić information content (AvgIpc) is 2.92. The SMILES string of the molecule is CCCCCCCCCC[N-][SiH2]c1ccccc1.CCCCCCCCCC[N-][SiH2]c1ccccc1.[Cl-].[Cl-].[Zr+4]. The van der Waals surface area contributed by atoms with Crippen molar-refractivity contribution in [1.82, 2.24) is 0 Å². The Balaban J connectivity index is -0.000000617. The minimum atomic E-state index is -0.337. The summed E-state index contributed by atoms with van der Waals surface area (Å²) in [6.45, 7) is 6.74. The number of hydrogen-bond donors (Lipinski definition) is 0. The Hall–Kier alpha value is 0.257. The van der Waals surface area contributed by atoms with Gasteiger partial charge in [-0.3, -0.25) is 0 Å². The summed E-state index contributed by atoms with van der Waals surface area (Å²) in [5, 5.41) is 2.94. The van der Waals surface area contributed by atoms with Crippen molar-refractivity contribution in [3.05, 3.63) is 70.6 Å². The molecule has 2 rings (SSSR count). The Kier molecular flexibility index (Phi) is 40.7. The van der Waals surface area contributed by atoms with Crippen LogP contribution >= 0.6 is 0 Å². The van der Waals surface area contributed by atoms with Crippen molar-refractivity contribution in [3.8, 4) is 0 Å². The predicted molar refractivity (Wildman–Crippen MR) is 171 cm³/mol. The van der Waals surface area contributed by atoms with Crippen molar-refractivity contribution in [3.63, 3.8) is 0 Å². The first-order valence-electron chi connectivity index (χ1n) is 15.2. The largest absolute Gasteiger partial charge is 4.00 e. The van der Waals surface area contributed by atoms with Gasteiger partial charge in [-0.15, -0.1) is 0 Å². The first-order valence-corrected chi connectivity index (χ1v) is 17.9. The van der Waals surface area contributed by atoms with Gasteiger partial charge in [0.05, 0.1) is 0 Å². The Morgan fingerprint density at radius 2 is 0.718 bits per heavy atom. The van der Waals surface area contributed by atoms with Crippen LogP contribution in [-0.2, 0) is 26.2 Å². The second kappa shape index (κ2) is 36.3. The van der Waals surface area contributed by atoms with Gasteiger partial charge in [0.2, 0.25) is 0 Å². The molecule has 2 aromatic rings. The quantitative estimate of drug-likeness (QED) is 0.134. The van der Waals surface area contributed by atoms with Crippen LogP contribution in [0.15, 0.2) is 60.7 Å². The van der Waals surface area contributed by atoms with Gasteiger partial charge < -0.3 is 34.8 Å². The molecule has 0 atom stereocenters. The van der Waals surface area contributed by atoms with Gasteiger partial charge in [-0.25, -0.2) is 0 Å². The third kappa shape index (κ3) is 31.0. The minimum Gasteiger partial charge on any atom is -1.00 e. The van der Waals surface area contributed by atoms with E-state index in [9.17, 15) is 0 Å². The van der Waals surface area contributed by atoms with Gasteiger partial charge in [0.15, 0.2) is 0 Å². The summed E-state index contributed by atoms with van der Waals surface area (Å²) in [6, 6.07) is 21.5. The van der Waals surface area contributed by atoms with E-state index in [2.05, 4.69) is 74.5 Å². The van der Waals surface area contributed by atoms with Crippen molar-refractivity contribution < 1.29 is 51.0 Å². The van der Waals surface area contributed by atoms with Crippen LogP contribution < -0.4 is 35.2 Å². The molecule has 0 saturated carbocycles. The summed E-state index contributed by atoms with van der Waals surface area (Å²) in [4.78, 5) is 9.46. The first kappa shape index (κ1) is 43.7. The number of unbranched alkanes of at least 4 members (excludes halogenated alkanes) is 14. The molecule has 0 radical (unpaired) electrons. The third-order valence-corrected chi connectivity index (χ3v) is 9.37. The van der Waals surface area contributed by atoms with E-state index in [1.165, 1.54) is 113 Å². The van der Waals surface area contributed by atoms with E-state index in [-0.39, 0.29) is 70.4 Å². The summed E-state index contributed by atoms with van der Waals surface area (Å²) in [6.07, 6.45) is 22.3. The molecule has 0 amide bonds. The normalized spacial score (nSPS) is 10.5. The maximum Gasteiger partial charge on any atom is 4.00 e. The van der Waals surface area contributed by atoms with Crippen molar-refractivity contribution in [2.45, 2.75) is 117 Å². The standard InChI is InChI=1S/2C16H28NSi.2ClH.Zr/c2*1-2-3-4-5-6-7-8-12-15-17-18-16-13-10-9-11-14-16;;;/h2*9-11,13-14H,2-8,12,15,18H2,1H3;2*1H;/q2*-1;;;+4/p-2. The molecular weight excluding hydrogens is 631 g/mol. The molecule has 220 valence electrons. The zero-order valence-electron chi connectivity index (χ0n) is 25.1. The van der Waals surface area contributed by atoms with E-state index < -0.39 is 0 Å². The van der Waals surface area contributed by atoms with Crippen molar-refractivity contribution in [2.24, 2.45) is 0 Å². The maximum absolute atomic E-state index is 4.73. The molecule has 0 spiro atoms. The molecule has 7 heteroatoms. The van der Waals surface area contributed by atoms with Crippen LogP contribution in [-0.4, -0.2) is 32.5 Å². The van der Waals surface area contributed by atoms with Crippen LogP contribution in [0.1, 0.15) is 117 Å². The number of benzene rings is 2. The number of hydrogen-bond acceptors (Lipinski definition) is 0. The van der Waals surface area contributed by atoms with Crippen molar-refractivity contribution in [1.29, 1.82) is 0 Å². The molecule has 0 aliphatic heterocycles. The predicted octanol–water partition coefficient (Wildman–Crippen LogP) is 1.83. The molecule has 0 unspecified atom stereocenters. The van der Waals surface area contributed by atoms with Crippen LogP contribution in [0, 0.1) is 0 Å². The molecule has 0 heterocycles. The average molecular weight is 687 g/mol. The molecule has 0 N–H and O–H groups in total. The fourth-order valence-corrected chi connectivity index (χ4v) is 6.54. The summed E-state index contributed by atoms with van der Waals surface area (Å²) < 4.78 is 0. The number of nitrogens with zero attached hydrogens (tertiary/aromatic N) is 2. The van der Waals surface area contributed by atoms with Crippen LogP contribution in [0.2, 0.25) is 0 Å². The minimum absolute atomic E-state index is 0. The molecule has 0 fully saturated rings. The zero-order chi connectivity index (χ0) is 25.8. The number of rotatable bonds is 22. The smallest absolute Gasteiger partial charge is 1.00 e. The Labute approximate surface area is 279 Å². The maximum atomic E-state index is 4.73. The van der Waals surface area contributed by atoms with Gasteiger partial charge in [-0.1, -0.05) is 207 Å². The fourth-order valence-electron chi connectivity index (χ4n) is 4.30. The van der Waals surface area contributed by atoms with Crippen LogP contribution in [0.5, 0.6) is 0 Å². The second-order valence-electron chi connectivity index (χ2n) is 10.1. The molecule has 0 aliphatic rings. The van der Waals surface area contributed by atoms with E-state index in [0.717, 1.165) is 13.1 Å². The monoisotopic (exact) mass is 684 g/mol. The van der Waals surface area contributed by atoms with Gasteiger partial charge in [0, 0.05) is 0 Å². The zero-order valence-corrected chi connectivity index (χ0v) is 31.9. The fraction of sp³-hybridized carbons (Fsp3) is 0.625. The molecule has 2 nitrogen and oxygen atoms in total. The first-order chi connectivity index (χ1) is 17.9. The van der Waals surface area contributed by atoms with E-state index in [1.54, 1.807) is 0 Å². The summed E-state index contributed by atoms with van der Waals surface area (Å²) in [5.74, 6) is 0. The third-order valence-electron chi connectivity index (χ3n) is 6.61. The molecule has 0 bridgehead atoms. The molecular formula is C32H56Cl2N2Si2Zr. The van der Waals surface area contributed by atoms with Gasteiger partial charge in [0.1, 0.15) is 0 Å².